The predicted molar refractivity (Wildman–Crippen MR) is 181 cm³/mol. The van der Waals surface area contributed by atoms with Crippen molar-refractivity contribution in [3.63, 3.8) is 0 Å². The van der Waals surface area contributed by atoms with E-state index in [0.717, 1.165) is 54.6 Å². The van der Waals surface area contributed by atoms with E-state index in [0.29, 0.717) is 0 Å². The summed E-state index contributed by atoms with van der Waals surface area (Å²) in [6, 6.07) is 8.03. The van der Waals surface area contributed by atoms with Gasteiger partial charge in [-0.15, -0.1) is 0 Å². The Bertz CT molecular complexity index is 2340. The summed E-state index contributed by atoms with van der Waals surface area (Å²) in [5, 5.41) is 147. The third kappa shape index (κ3) is 5.95. The Morgan fingerprint density at radius 1 is 0.545 bits per heavy atom. The fourth-order valence-electron chi connectivity index (χ4n) is 6.87. The SMILES string of the molecule is O=C(OC1C(c2cc(O)c(O)c(O)c2)Oc2cc(O)cc(O)c2C1c1c(O)cc(O)c2c1OC(c1cc(O)c(O)c(O)c1)C(O)C2)c1cc(O)c(O)c(O)c1. The van der Waals surface area contributed by atoms with Crippen LogP contribution < -0.4 is 9.47 Å². The predicted octanol–water partition coefficient (Wildman–Crippen LogP) is 3.39. The van der Waals surface area contributed by atoms with Crippen LogP contribution in [0.25, 0.3) is 0 Å². The standard InChI is InChI=1S/C37H30O18/c38-14-7-17(40)27-26(8-14)53-34(12-3-21(44)31(50)22(45)4-12)36(55-37(52)13-5-23(46)32(51)24(47)6-13)29(27)28-18(41)10-16(39)15-9-25(48)33(54-35(15)28)11-1-19(42)30(49)20(43)2-11/h1-8,10,25,29,33-34,36,38-51H,9H2. The molecule has 0 aromatic heterocycles. The summed E-state index contributed by atoms with van der Waals surface area (Å²) in [7, 11) is 0. The lowest BCUT2D eigenvalue weighted by molar-refractivity contribution is -0.0286. The number of carbonyl (C=O) groups is 1. The Hall–Kier alpha value is -7.47. The molecule has 5 atom stereocenters. The number of aliphatic hydroxyl groups excluding tert-OH is 1. The molecule has 0 saturated carbocycles. The Labute approximate surface area is 307 Å². The first kappa shape index (κ1) is 35.9. The summed E-state index contributed by atoms with van der Waals surface area (Å²) in [6.07, 6.45) is -7.01. The van der Waals surface area contributed by atoms with Crippen LogP contribution in [0.5, 0.6) is 86.2 Å². The summed E-state index contributed by atoms with van der Waals surface area (Å²) in [5.74, 6) is -14.3. The molecule has 0 bridgehead atoms. The first-order chi connectivity index (χ1) is 25.9. The number of hydrogen-bond donors (Lipinski definition) is 14. The van der Waals surface area contributed by atoms with Gasteiger partial charge in [-0.05, 0) is 36.4 Å². The average Bonchev–Trinajstić information content (AvgIpc) is 3.11. The van der Waals surface area contributed by atoms with Crippen molar-refractivity contribution in [1.82, 2.24) is 0 Å². The first-order valence-electron chi connectivity index (χ1n) is 16.1. The molecule has 0 saturated heterocycles. The molecule has 0 radical (unpaired) electrons. The zero-order valence-electron chi connectivity index (χ0n) is 27.7. The lowest BCUT2D eigenvalue weighted by Gasteiger charge is -2.41. The lowest BCUT2D eigenvalue weighted by Crippen LogP contribution is -2.39. The smallest absolute Gasteiger partial charge is 0.338 e. The van der Waals surface area contributed by atoms with Gasteiger partial charge in [0.05, 0.1) is 17.6 Å². The van der Waals surface area contributed by atoms with Crippen LogP contribution in [0.1, 0.15) is 56.3 Å². The fraction of sp³-hybridized carbons (Fsp3) is 0.162. The molecule has 7 rings (SSSR count). The Morgan fingerprint density at radius 2 is 1.04 bits per heavy atom. The highest BCUT2D eigenvalue weighted by molar-refractivity contribution is 5.91. The van der Waals surface area contributed by atoms with Crippen molar-refractivity contribution >= 4 is 5.97 Å². The molecule has 5 aromatic carbocycles. The number of aliphatic hydroxyl groups is 1. The summed E-state index contributed by atoms with van der Waals surface area (Å²) in [6.45, 7) is 0. The minimum atomic E-state index is -1.88. The van der Waals surface area contributed by atoms with E-state index in [2.05, 4.69) is 0 Å². The van der Waals surface area contributed by atoms with Gasteiger partial charge in [0, 0.05) is 52.4 Å². The molecule has 286 valence electrons. The molecular formula is C37H30O18. The van der Waals surface area contributed by atoms with E-state index in [1.807, 2.05) is 0 Å². The second-order valence-corrected chi connectivity index (χ2v) is 12.9. The van der Waals surface area contributed by atoms with Gasteiger partial charge in [0.1, 0.15) is 34.5 Å². The van der Waals surface area contributed by atoms with Crippen molar-refractivity contribution in [3.05, 3.63) is 88.0 Å². The van der Waals surface area contributed by atoms with Gasteiger partial charge in [0.2, 0.25) is 0 Å². The maximum absolute atomic E-state index is 13.9. The summed E-state index contributed by atoms with van der Waals surface area (Å²) >= 11 is 0. The third-order valence-corrected chi connectivity index (χ3v) is 9.38. The monoisotopic (exact) mass is 762 g/mol. The molecule has 5 aromatic rings. The van der Waals surface area contributed by atoms with Crippen LogP contribution in [-0.4, -0.2) is 89.7 Å². The third-order valence-electron chi connectivity index (χ3n) is 9.38. The zero-order chi connectivity index (χ0) is 39.8. The summed E-state index contributed by atoms with van der Waals surface area (Å²) in [4.78, 5) is 13.9. The molecule has 2 aliphatic rings. The Morgan fingerprint density at radius 3 is 1.58 bits per heavy atom. The van der Waals surface area contributed by atoms with Gasteiger partial charge in [0.15, 0.2) is 70.1 Å². The van der Waals surface area contributed by atoms with E-state index >= 15 is 0 Å². The first-order valence-corrected chi connectivity index (χ1v) is 16.1. The van der Waals surface area contributed by atoms with Gasteiger partial charge < -0.3 is 85.7 Å². The number of phenolic OH excluding ortho intramolecular Hbond substituents is 13. The van der Waals surface area contributed by atoms with E-state index in [-0.39, 0.29) is 39.3 Å². The van der Waals surface area contributed by atoms with Crippen LogP contribution in [0.15, 0.2) is 54.6 Å². The second-order valence-electron chi connectivity index (χ2n) is 12.9. The average molecular weight is 763 g/mol. The Balaban J connectivity index is 1.49. The quantitative estimate of drug-likeness (QED) is 0.0901. The van der Waals surface area contributed by atoms with Gasteiger partial charge in [-0.3, -0.25) is 0 Å². The van der Waals surface area contributed by atoms with E-state index < -0.39 is 123 Å². The van der Waals surface area contributed by atoms with Crippen LogP contribution >= 0.6 is 0 Å². The highest BCUT2D eigenvalue weighted by Gasteiger charge is 2.49. The van der Waals surface area contributed by atoms with Crippen molar-refractivity contribution < 1.29 is 90.5 Å². The normalized spacial score (nSPS) is 20.1. The van der Waals surface area contributed by atoms with Crippen molar-refractivity contribution in [3.8, 4) is 86.2 Å². The molecule has 18 heteroatoms. The number of aromatic hydroxyl groups is 13. The number of carbonyl (C=O) groups excluding carboxylic acids is 1. The second kappa shape index (κ2) is 12.9. The molecule has 0 amide bonds. The molecule has 18 nitrogen and oxygen atoms in total. The molecule has 0 spiro atoms. The van der Waals surface area contributed by atoms with Gasteiger partial charge in [-0.25, -0.2) is 4.79 Å². The molecule has 2 aliphatic heterocycles. The minimum Gasteiger partial charge on any atom is -0.508 e. The maximum Gasteiger partial charge on any atom is 0.338 e. The summed E-state index contributed by atoms with van der Waals surface area (Å²) in [5.41, 5.74) is -1.64. The number of fused-ring (bicyclic) bond motifs is 2. The van der Waals surface area contributed by atoms with Crippen molar-refractivity contribution in [2.45, 2.75) is 36.8 Å². The number of hydrogen-bond acceptors (Lipinski definition) is 18. The van der Waals surface area contributed by atoms with Crippen LogP contribution in [0.2, 0.25) is 0 Å². The molecule has 55 heavy (non-hydrogen) atoms. The number of esters is 1. The van der Waals surface area contributed by atoms with Crippen LogP contribution in [0.3, 0.4) is 0 Å². The van der Waals surface area contributed by atoms with Gasteiger partial charge in [-0.1, -0.05) is 0 Å². The number of rotatable bonds is 5. The highest BCUT2D eigenvalue weighted by Crippen LogP contribution is 2.58. The van der Waals surface area contributed by atoms with E-state index in [9.17, 15) is 76.3 Å². The minimum absolute atomic E-state index is 0.0947. The molecule has 14 N–H and O–H groups in total. The Kier molecular flexibility index (Phi) is 8.41. The molecule has 0 fully saturated rings. The van der Waals surface area contributed by atoms with Crippen molar-refractivity contribution in [1.29, 1.82) is 0 Å². The van der Waals surface area contributed by atoms with Crippen molar-refractivity contribution in [2.24, 2.45) is 0 Å². The van der Waals surface area contributed by atoms with Crippen LogP contribution in [0.4, 0.5) is 0 Å². The van der Waals surface area contributed by atoms with Gasteiger partial charge in [0.25, 0.3) is 0 Å². The van der Waals surface area contributed by atoms with E-state index in [1.165, 1.54) is 0 Å². The summed E-state index contributed by atoms with van der Waals surface area (Å²) < 4.78 is 18.2. The van der Waals surface area contributed by atoms with Crippen LogP contribution in [-0.2, 0) is 11.2 Å². The van der Waals surface area contributed by atoms with Crippen LogP contribution in [0, 0.1) is 0 Å². The van der Waals surface area contributed by atoms with Gasteiger partial charge >= 0.3 is 5.97 Å². The molecule has 2 heterocycles. The van der Waals surface area contributed by atoms with Gasteiger partial charge in [-0.2, -0.15) is 0 Å². The topological polar surface area (TPSA) is 328 Å². The lowest BCUT2D eigenvalue weighted by atomic mass is 9.77. The largest absolute Gasteiger partial charge is 0.508 e. The zero-order valence-corrected chi connectivity index (χ0v) is 27.7. The molecule has 0 aliphatic carbocycles. The van der Waals surface area contributed by atoms with Crippen molar-refractivity contribution in [2.75, 3.05) is 0 Å². The fourth-order valence-corrected chi connectivity index (χ4v) is 6.87. The van der Waals surface area contributed by atoms with E-state index in [4.69, 9.17) is 14.2 Å². The highest BCUT2D eigenvalue weighted by atomic mass is 16.6. The number of benzene rings is 5. The van der Waals surface area contributed by atoms with E-state index in [1.54, 1.807) is 0 Å². The maximum atomic E-state index is 13.9. The number of phenols is 13. The molecule has 5 unspecified atom stereocenters. The molecular weight excluding hydrogens is 732 g/mol. The number of ether oxygens (including phenoxy) is 3.